The lowest BCUT2D eigenvalue weighted by atomic mass is 10.1. The third-order valence-electron chi connectivity index (χ3n) is 6.57. The van der Waals surface area contributed by atoms with E-state index in [0.29, 0.717) is 42.8 Å². The second kappa shape index (κ2) is 11.3. The van der Waals surface area contributed by atoms with Gasteiger partial charge in [-0.3, -0.25) is 19.3 Å². The second-order valence-electron chi connectivity index (χ2n) is 9.28. The predicted octanol–water partition coefficient (Wildman–Crippen LogP) is 5.60. The summed E-state index contributed by atoms with van der Waals surface area (Å²) in [4.78, 5) is 16.3. The molecule has 0 bridgehead atoms. The maximum absolute atomic E-state index is 14.1. The molecular weight excluding hydrogens is 510 g/mol. The van der Waals surface area contributed by atoms with E-state index in [-0.39, 0.29) is 24.6 Å². The lowest BCUT2D eigenvalue weighted by Gasteiger charge is -2.33. The Hall–Kier alpha value is -3.75. The molecule has 0 spiro atoms. The summed E-state index contributed by atoms with van der Waals surface area (Å²) in [6.07, 6.45) is 0. The average Bonchev–Trinajstić information content (AvgIpc) is 3.26. The molecule has 6 nitrogen and oxygen atoms in total. The number of aromatic nitrogens is 2. The highest BCUT2D eigenvalue weighted by Gasteiger charge is 2.28. The van der Waals surface area contributed by atoms with E-state index in [0.717, 1.165) is 16.8 Å². The zero-order chi connectivity index (χ0) is 26.6. The van der Waals surface area contributed by atoms with Gasteiger partial charge >= 0.3 is 0 Å². The Bertz CT molecular complexity index is 1420. The first kappa shape index (κ1) is 25.9. The van der Waals surface area contributed by atoms with Gasteiger partial charge in [0.05, 0.1) is 13.1 Å². The van der Waals surface area contributed by atoms with Crippen LogP contribution in [0.1, 0.15) is 22.4 Å². The van der Waals surface area contributed by atoms with Crippen molar-refractivity contribution in [2.45, 2.75) is 26.6 Å². The fourth-order valence-electron chi connectivity index (χ4n) is 4.50. The Kier molecular flexibility index (Phi) is 7.72. The topological polar surface area (TPSA) is 50.6 Å². The van der Waals surface area contributed by atoms with E-state index in [1.165, 1.54) is 18.2 Å². The molecule has 1 aliphatic heterocycles. The SMILES string of the molecule is Cc1cc(N2CCN(Cc3c(F)cccc3F)CC2=O)nn1Cc1cc(Cl)ccc1OCc1ccccc1. The van der Waals surface area contributed by atoms with Crippen LogP contribution >= 0.6 is 11.6 Å². The largest absolute Gasteiger partial charge is 0.489 e. The molecule has 38 heavy (non-hydrogen) atoms. The molecular formula is C29H27ClF2N4O2. The lowest BCUT2D eigenvalue weighted by molar-refractivity contribution is -0.121. The van der Waals surface area contributed by atoms with Crippen molar-refractivity contribution in [2.24, 2.45) is 0 Å². The Morgan fingerprint density at radius 1 is 0.947 bits per heavy atom. The fraction of sp³-hybridized carbons (Fsp3) is 0.241. The summed E-state index contributed by atoms with van der Waals surface area (Å²) in [6, 6.07) is 21.0. The Labute approximate surface area is 225 Å². The van der Waals surface area contributed by atoms with Gasteiger partial charge in [-0.05, 0) is 42.8 Å². The Morgan fingerprint density at radius 3 is 2.45 bits per heavy atom. The number of halogens is 3. The van der Waals surface area contributed by atoms with Crippen molar-refractivity contribution >= 4 is 23.3 Å². The van der Waals surface area contributed by atoms with Gasteiger partial charge in [-0.15, -0.1) is 0 Å². The van der Waals surface area contributed by atoms with E-state index in [9.17, 15) is 13.6 Å². The quantitative estimate of drug-likeness (QED) is 0.294. The number of hydrogen-bond acceptors (Lipinski definition) is 4. The van der Waals surface area contributed by atoms with Gasteiger partial charge in [0, 0.05) is 47.5 Å². The van der Waals surface area contributed by atoms with Crippen LogP contribution in [0.4, 0.5) is 14.6 Å². The summed E-state index contributed by atoms with van der Waals surface area (Å²) < 4.78 is 36.0. The highest BCUT2D eigenvalue weighted by Crippen LogP contribution is 2.27. The van der Waals surface area contributed by atoms with Crippen LogP contribution < -0.4 is 9.64 Å². The van der Waals surface area contributed by atoms with Crippen LogP contribution in [0.2, 0.25) is 5.02 Å². The molecule has 0 atom stereocenters. The Balaban J connectivity index is 1.27. The van der Waals surface area contributed by atoms with Crippen molar-refractivity contribution in [3.8, 4) is 5.75 Å². The summed E-state index contributed by atoms with van der Waals surface area (Å²) in [5.74, 6) is -0.144. The van der Waals surface area contributed by atoms with E-state index >= 15 is 0 Å². The van der Waals surface area contributed by atoms with Crippen molar-refractivity contribution in [3.63, 3.8) is 0 Å². The standard InChI is InChI=1S/C29H27ClF2N4O2/c1-20-14-28(35-13-12-34(18-29(35)37)17-24-25(31)8-5-9-26(24)32)33-36(20)16-22-15-23(30)10-11-27(22)38-19-21-6-3-2-4-7-21/h2-11,14-15H,12-13,16-19H2,1H3. The summed E-state index contributed by atoms with van der Waals surface area (Å²) in [5.41, 5.74) is 2.77. The average molecular weight is 537 g/mol. The van der Waals surface area contributed by atoms with Gasteiger partial charge in [-0.1, -0.05) is 48.0 Å². The molecule has 1 aliphatic rings. The fourth-order valence-corrected chi connectivity index (χ4v) is 4.69. The number of amides is 1. The zero-order valence-corrected chi connectivity index (χ0v) is 21.7. The molecule has 0 unspecified atom stereocenters. The number of piperazine rings is 1. The van der Waals surface area contributed by atoms with Crippen molar-refractivity contribution in [3.05, 3.63) is 112 Å². The molecule has 2 heterocycles. The molecule has 1 amide bonds. The normalized spacial score (nSPS) is 14.2. The number of benzene rings is 3. The molecule has 1 aromatic heterocycles. The first-order chi connectivity index (χ1) is 18.4. The van der Waals surface area contributed by atoms with Gasteiger partial charge in [0.25, 0.3) is 0 Å². The van der Waals surface area contributed by atoms with Gasteiger partial charge in [-0.2, -0.15) is 5.10 Å². The summed E-state index contributed by atoms with van der Waals surface area (Å²) in [5, 5.41) is 5.28. The van der Waals surface area contributed by atoms with E-state index in [2.05, 4.69) is 0 Å². The van der Waals surface area contributed by atoms with Gasteiger partial charge in [0.15, 0.2) is 5.82 Å². The number of carbonyl (C=O) groups is 1. The van der Waals surface area contributed by atoms with E-state index < -0.39 is 11.6 Å². The van der Waals surface area contributed by atoms with Crippen molar-refractivity contribution < 1.29 is 18.3 Å². The molecule has 1 fully saturated rings. The molecule has 196 valence electrons. The van der Waals surface area contributed by atoms with Crippen molar-refractivity contribution in [1.29, 1.82) is 0 Å². The van der Waals surface area contributed by atoms with Crippen LogP contribution in [-0.4, -0.2) is 40.2 Å². The minimum atomic E-state index is -0.609. The first-order valence-electron chi connectivity index (χ1n) is 12.3. The van der Waals surface area contributed by atoms with Crippen molar-refractivity contribution in [2.75, 3.05) is 24.5 Å². The van der Waals surface area contributed by atoms with Gasteiger partial charge < -0.3 is 4.74 Å². The molecule has 5 rings (SSSR count). The lowest BCUT2D eigenvalue weighted by Crippen LogP contribution is -2.50. The highest BCUT2D eigenvalue weighted by atomic mass is 35.5. The number of nitrogens with zero attached hydrogens (tertiary/aromatic N) is 4. The third kappa shape index (κ3) is 5.87. The smallest absolute Gasteiger partial charge is 0.242 e. The molecule has 4 aromatic rings. The second-order valence-corrected chi connectivity index (χ2v) is 9.72. The monoisotopic (exact) mass is 536 g/mol. The number of carbonyl (C=O) groups excluding carboxylic acids is 1. The van der Waals surface area contributed by atoms with Crippen LogP contribution in [-0.2, 0) is 24.5 Å². The summed E-state index contributed by atoms with van der Waals surface area (Å²) in [6.45, 7) is 3.68. The van der Waals surface area contributed by atoms with Crippen LogP contribution in [0.25, 0.3) is 0 Å². The van der Waals surface area contributed by atoms with Gasteiger partial charge in [0.1, 0.15) is 24.0 Å². The number of rotatable bonds is 8. The zero-order valence-electron chi connectivity index (χ0n) is 20.9. The highest BCUT2D eigenvalue weighted by molar-refractivity contribution is 6.30. The van der Waals surface area contributed by atoms with E-state index in [4.69, 9.17) is 21.4 Å². The molecule has 0 saturated carbocycles. The van der Waals surface area contributed by atoms with E-state index in [1.54, 1.807) is 15.9 Å². The number of ether oxygens (including phenoxy) is 1. The van der Waals surface area contributed by atoms with Crippen LogP contribution in [0.3, 0.4) is 0 Å². The van der Waals surface area contributed by atoms with Gasteiger partial charge in [0.2, 0.25) is 5.91 Å². The van der Waals surface area contributed by atoms with Crippen LogP contribution in [0, 0.1) is 18.6 Å². The Morgan fingerprint density at radius 2 is 1.71 bits per heavy atom. The first-order valence-corrected chi connectivity index (χ1v) is 12.7. The molecule has 0 aliphatic carbocycles. The number of hydrogen-bond donors (Lipinski definition) is 0. The third-order valence-corrected chi connectivity index (χ3v) is 6.80. The summed E-state index contributed by atoms with van der Waals surface area (Å²) in [7, 11) is 0. The molecule has 1 saturated heterocycles. The maximum Gasteiger partial charge on any atom is 0.242 e. The molecule has 0 N–H and O–H groups in total. The molecule has 0 radical (unpaired) electrons. The number of anilines is 1. The number of aryl methyl sites for hydroxylation is 1. The predicted molar refractivity (Wildman–Crippen MR) is 142 cm³/mol. The molecule has 9 heteroatoms. The van der Waals surface area contributed by atoms with Crippen LogP contribution in [0.5, 0.6) is 5.75 Å². The van der Waals surface area contributed by atoms with E-state index in [1.807, 2.05) is 60.1 Å². The molecule has 3 aromatic carbocycles. The maximum atomic E-state index is 14.1. The van der Waals surface area contributed by atoms with Gasteiger partial charge in [-0.25, -0.2) is 8.78 Å². The van der Waals surface area contributed by atoms with Crippen LogP contribution in [0.15, 0.2) is 72.8 Å². The minimum Gasteiger partial charge on any atom is -0.489 e. The van der Waals surface area contributed by atoms with Crippen molar-refractivity contribution in [1.82, 2.24) is 14.7 Å². The summed E-state index contributed by atoms with van der Waals surface area (Å²) >= 11 is 6.29. The minimum absolute atomic E-state index is 0.0271.